The number of rotatable bonds is 4. The first kappa shape index (κ1) is 14.5. The summed E-state index contributed by atoms with van der Waals surface area (Å²) in [6.45, 7) is 4.60. The number of carbonyl (C=O) groups excluding carboxylic acids is 1. The van der Waals surface area contributed by atoms with E-state index in [1.165, 1.54) is 4.88 Å². The normalized spacial score (nSPS) is 11.2. The van der Waals surface area contributed by atoms with Crippen molar-refractivity contribution in [1.29, 1.82) is 0 Å². The second-order valence-electron chi connectivity index (χ2n) is 4.82. The predicted octanol–water partition coefficient (Wildman–Crippen LogP) is 2.77. The van der Waals surface area contributed by atoms with Gasteiger partial charge < -0.3 is 4.90 Å². The highest BCUT2D eigenvalue weighted by atomic mass is 32.1. The molecule has 0 spiro atoms. The summed E-state index contributed by atoms with van der Waals surface area (Å²) >= 11 is 1.66. The molecule has 0 aromatic carbocycles. The Balaban J connectivity index is 2.05. The topological polar surface area (TPSA) is 38.1 Å². The van der Waals surface area contributed by atoms with E-state index in [2.05, 4.69) is 5.10 Å². The average molecular weight is 289 g/mol. The van der Waals surface area contributed by atoms with Gasteiger partial charge in [0.15, 0.2) is 0 Å². The van der Waals surface area contributed by atoms with Crippen LogP contribution in [0, 0.1) is 13.8 Å². The number of aryl methyl sites for hydroxylation is 2. The zero-order valence-electron chi connectivity index (χ0n) is 12.3. The lowest BCUT2D eigenvalue weighted by atomic mass is 10.2. The average Bonchev–Trinajstić information content (AvgIpc) is 2.98. The first-order chi connectivity index (χ1) is 9.49. The molecule has 0 atom stereocenters. The Morgan fingerprint density at radius 3 is 2.80 bits per heavy atom. The monoisotopic (exact) mass is 289 g/mol. The Hall–Kier alpha value is -1.88. The molecule has 4 nitrogen and oxygen atoms in total. The SMILES string of the molecule is Cc1nn(C)c(C)c1/C=C\C(=O)N(C)Cc1cccs1. The maximum Gasteiger partial charge on any atom is 0.246 e. The smallest absolute Gasteiger partial charge is 0.246 e. The molecule has 2 aromatic rings. The molecule has 106 valence electrons. The summed E-state index contributed by atoms with van der Waals surface area (Å²) in [6, 6.07) is 4.03. The van der Waals surface area contributed by atoms with Crippen LogP contribution < -0.4 is 0 Å². The van der Waals surface area contributed by atoms with Crippen LogP contribution in [-0.4, -0.2) is 27.6 Å². The fourth-order valence-electron chi connectivity index (χ4n) is 2.03. The van der Waals surface area contributed by atoms with E-state index >= 15 is 0 Å². The van der Waals surface area contributed by atoms with Crippen LogP contribution >= 0.6 is 11.3 Å². The first-order valence-corrected chi connectivity index (χ1v) is 7.32. The van der Waals surface area contributed by atoms with Gasteiger partial charge in [-0.15, -0.1) is 11.3 Å². The molecule has 0 fully saturated rings. The van der Waals surface area contributed by atoms with Crippen LogP contribution in [0.25, 0.3) is 6.08 Å². The van der Waals surface area contributed by atoms with Crippen LogP contribution in [0.15, 0.2) is 23.6 Å². The van der Waals surface area contributed by atoms with Crippen molar-refractivity contribution in [1.82, 2.24) is 14.7 Å². The number of carbonyl (C=O) groups is 1. The van der Waals surface area contributed by atoms with Gasteiger partial charge in [-0.1, -0.05) is 6.07 Å². The van der Waals surface area contributed by atoms with E-state index in [1.807, 2.05) is 56.2 Å². The molecule has 0 N–H and O–H groups in total. The zero-order valence-corrected chi connectivity index (χ0v) is 13.1. The highest BCUT2D eigenvalue weighted by Gasteiger charge is 2.09. The van der Waals surface area contributed by atoms with E-state index in [1.54, 1.807) is 22.3 Å². The molecule has 20 heavy (non-hydrogen) atoms. The summed E-state index contributed by atoms with van der Waals surface area (Å²) < 4.78 is 1.83. The van der Waals surface area contributed by atoms with Crippen molar-refractivity contribution >= 4 is 23.3 Å². The number of hydrogen-bond acceptors (Lipinski definition) is 3. The van der Waals surface area contributed by atoms with E-state index in [9.17, 15) is 4.79 Å². The lowest BCUT2D eigenvalue weighted by Gasteiger charge is -2.13. The number of thiophene rings is 1. The van der Waals surface area contributed by atoms with Gasteiger partial charge in [-0.2, -0.15) is 5.10 Å². The number of likely N-dealkylation sites (N-methyl/N-ethyl adjacent to an activating group) is 1. The van der Waals surface area contributed by atoms with Crippen LogP contribution in [0.5, 0.6) is 0 Å². The Labute approximate surface area is 123 Å². The molecule has 0 aliphatic heterocycles. The van der Waals surface area contributed by atoms with E-state index in [0.717, 1.165) is 17.0 Å². The number of aromatic nitrogens is 2. The Morgan fingerprint density at radius 2 is 2.25 bits per heavy atom. The number of hydrogen-bond donors (Lipinski definition) is 0. The Bertz CT molecular complexity index is 626. The van der Waals surface area contributed by atoms with E-state index in [-0.39, 0.29) is 5.91 Å². The molecular weight excluding hydrogens is 270 g/mol. The van der Waals surface area contributed by atoms with Gasteiger partial charge in [0, 0.05) is 36.3 Å². The lowest BCUT2D eigenvalue weighted by Crippen LogP contribution is -2.23. The largest absolute Gasteiger partial charge is 0.337 e. The minimum Gasteiger partial charge on any atom is -0.337 e. The van der Waals surface area contributed by atoms with Crippen molar-refractivity contribution in [2.75, 3.05) is 7.05 Å². The number of nitrogens with zero attached hydrogens (tertiary/aromatic N) is 3. The van der Waals surface area contributed by atoms with Gasteiger partial charge in [-0.05, 0) is 31.4 Å². The third-order valence-corrected chi connectivity index (χ3v) is 4.17. The molecule has 2 heterocycles. The van der Waals surface area contributed by atoms with Gasteiger partial charge in [-0.25, -0.2) is 0 Å². The van der Waals surface area contributed by atoms with Crippen molar-refractivity contribution < 1.29 is 4.79 Å². The quantitative estimate of drug-likeness (QED) is 0.812. The summed E-state index contributed by atoms with van der Waals surface area (Å²) in [4.78, 5) is 15.0. The molecule has 5 heteroatoms. The fraction of sp³-hybridized carbons (Fsp3) is 0.333. The maximum atomic E-state index is 12.1. The lowest BCUT2D eigenvalue weighted by molar-refractivity contribution is -0.125. The molecule has 0 radical (unpaired) electrons. The second kappa shape index (κ2) is 6.05. The molecule has 2 rings (SSSR count). The molecule has 1 amide bonds. The molecule has 0 saturated carbocycles. The highest BCUT2D eigenvalue weighted by molar-refractivity contribution is 7.09. The van der Waals surface area contributed by atoms with Gasteiger partial charge in [0.05, 0.1) is 12.2 Å². The van der Waals surface area contributed by atoms with Crippen LogP contribution in [0.3, 0.4) is 0 Å². The van der Waals surface area contributed by atoms with E-state index in [4.69, 9.17) is 0 Å². The van der Waals surface area contributed by atoms with Crippen molar-refractivity contribution in [3.05, 3.63) is 45.4 Å². The van der Waals surface area contributed by atoms with Crippen molar-refractivity contribution in [2.45, 2.75) is 20.4 Å². The van der Waals surface area contributed by atoms with Crippen molar-refractivity contribution in [2.24, 2.45) is 7.05 Å². The molecule has 0 bridgehead atoms. The van der Waals surface area contributed by atoms with Crippen LogP contribution in [0.2, 0.25) is 0 Å². The van der Waals surface area contributed by atoms with Crippen molar-refractivity contribution in [3.63, 3.8) is 0 Å². The Morgan fingerprint density at radius 1 is 1.50 bits per heavy atom. The summed E-state index contributed by atoms with van der Waals surface area (Å²) in [7, 11) is 3.72. The van der Waals surface area contributed by atoms with Gasteiger partial charge in [0.1, 0.15) is 0 Å². The maximum absolute atomic E-state index is 12.1. The highest BCUT2D eigenvalue weighted by Crippen LogP contribution is 2.14. The van der Waals surface area contributed by atoms with Crippen LogP contribution in [0.4, 0.5) is 0 Å². The van der Waals surface area contributed by atoms with Crippen LogP contribution in [-0.2, 0) is 18.4 Å². The predicted molar refractivity (Wildman–Crippen MR) is 82.5 cm³/mol. The second-order valence-corrected chi connectivity index (χ2v) is 5.85. The molecule has 0 aliphatic carbocycles. The molecule has 2 aromatic heterocycles. The third kappa shape index (κ3) is 3.17. The van der Waals surface area contributed by atoms with Gasteiger partial charge >= 0.3 is 0 Å². The number of amides is 1. The molecule has 0 saturated heterocycles. The molecule has 0 unspecified atom stereocenters. The summed E-state index contributed by atoms with van der Waals surface area (Å²) in [5.74, 6) is 0.000975. The van der Waals surface area contributed by atoms with Crippen LogP contribution in [0.1, 0.15) is 21.8 Å². The third-order valence-electron chi connectivity index (χ3n) is 3.31. The van der Waals surface area contributed by atoms with E-state index < -0.39 is 0 Å². The zero-order chi connectivity index (χ0) is 14.7. The van der Waals surface area contributed by atoms with Crippen molar-refractivity contribution in [3.8, 4) is 0 Å². The fourth-order valence-corrected chi connectivity index (χ4v) is 2.78. The van der Waals surface area contributed by atoms with Gasteiger partial charge in [0.25, 0.3) is 0 Å². The minimum absolute atomic E-state index is 0.000975. The van der Waals surface area contributed by atoms with E-state index in [0.29, 0.717) is 6.54 Å². The molecule has 0 aliphatic rings. The summed E-state index contributed by atoms with van der Waals surface area (Å²) in [5, 5.41) is 6.36. The van der Waals surface area contributed by atoms with Gasteiger partial charge in [0.2, 0.25) is 5.91 Å². The molecular formula is C15H19N3OS. The minimum atomic E-state index is 0.000975. The standard InChI is InChI=1S/C15H19N3OS/c1-11-14(12(2)18(4)16-11)7-8-15(19)17(3)10-13-6-5-9-20-13/h5-9H,10H2,1-4H3/b8-7-. The summed E-state index contributed by atoms with van der Waals surface area (Å²) in [6.07, 6.45) is 3.47. The van der Waals surface area contributed by atoms with Gasteiger partial charge in [-0.3, -0.25) is 9.48 Å². The first-order valence-electron chi connectivity index (χ1n) is 6.45. The Kier molecular flexibility index (Phi) is 4.39. The summed E-state index contributed by atoms with van der Waals surface area (Å²) in [5.41, 5.74) is 3.02.